The van der Waals surface area contributed by atoms with E-state index in [9.17, 15) is 14.4 Å². The number of rotatable bonds is 7. The number of anilines is 1. The first-order valence-electron chi connectivity index (χ1n) is 10.6. The Morgan fingerprint density at radius 1 is 0.853 bits per heavy atom. The van der Waals surface area contributed by atoms with Crippen LogP contribution < -0.4 is 19.7 Å². The second kappa shape index (κ2) is 10.4. The molecule has 0 aliphatic carbocycles. The molecule has 0 unspecified atom stereocenters. The largest absolute Gasteiger partial charge is 0.494 e. The zero-order chi connectivity index (χ0) is 24.1. The summed E-state index contributed by atoms with van der Waals surface area (Å²) in [7, 11) is 0. The predicted octanol–water partition coefficient (Wildman–Crippen LogP) is 5.09. The number of carbonyl (C=O) groups excluding carboxylic acids is 3. The molecule has 1 aliphatic rings. The molecule has 0 bridgehead atoms. The molecule has 3 aromatic carbocycles. The molecule has 0 saturated carbocycles. The van der Waals surface area contributed by atoms with Crippen molar-refractivity contribution in [3.8, 4) is 11.5 Å². The molecular formula is C26H21BrN2O5. The van der Waals surface area contributed by atoms with E-state index in [4.69, 9.17) is 9.47 Å². The lowest BCUT2D eigenvalue weighted by molar-refractivity contribution is -0.122. The van der Waals surface area contributed by atoms with Crippen LogP contribution in [-0.4, -0.2) is 24.5 Å². The number of benzene rings is 3. The van der Waals surface area contributed by atoms with Gasteiger partial charge in [0, 0.05) is 4.47 Å². The van der Waals surface area contributed by atoms with Gasteiger partial charge in [0.15, 0.2) is 0 Å². The standard InChI is InChI=1S/C26H21BrN2O5/c1-2-33-21-11-5-17(6-12-21)15-23-24(30)28-26(32)29(25(23)31)20-9-13-22(14-10-20)34-16-18-3-7-19(27)8-4-18/h3-15H,2,16H2,1H3,(H,28,30,32)/b23-15+. The molecule has 1 aliphatic heterocycles. The second-order valence-electron chi connectivity index (χ2n) is 7.37. The Balaban J connectivity index is 1.50. The Bertz CT molecular complexity index is 1240. The van der Waals surface area contributed by atoms with Gasteiger partial charge in [-0.15, -0.1) is 0 Å². The van der Waals surface area contributed by atoms with Gasteiger partial charge in [-0.3, -0.25) is 14.9 Å². The van der Waals surface area contributed by atoms with Crippen LogP contribution in [0.25, 0.3) is 6.08 Å². The second-order valence-corrected chi connectivity index (χ2v) is 8.28. The number of ether oxygens (including phenoxy) is 2. The number of amides is 4. The van der Waals surface area contributed by atoms with E-state index in [1.165, 1.54) is 6.08 Å². The lowest BCUT2D eigenvalue weighted by atomic mass is 10.1. The zero-order valence-corrected chi connectivity index (χ0v) is 19.9. The molecule has 0 atom stereocenters. The van der Waals surface area contributed by atoms with Gasteiger partial charge in [0.25, 0.3) is 11.8 Å². The summed E-state index contributed by atoms with van der Waals surface area (Å²) in [6, 6.07) is 20.4. The molecule has 0 spiro atoms. The SMILES string of the molecule is CCOc1ccc(/C=C2\C(=O)NC(=O)N(c3ccc(OCc4ccc(Br)cc4)cc3)C2=O)cc1. The first-order chi connectivity index (χ1) is 16.4. The van der Waals surface area contributed by atoms with Gasteiger partial charge in [-0.2, -0.15) is 0 Å². The average Bonchev–Trinajstić information content (AvgIpc) is 2.83. The Labute approximate surface area is 205 Å². The fourth-order valence-corrected chi connectivity index (χ4v) is 3.59. The fourth-order valence-electron chi connectivity index (χ4n) is 3.32. The molecule has 0 radical (unpaired) electrons. The number of urea groups is 1. The maximum absolute atomic E-state index is 13.1. The Morgan fingerprint density at radius 2 is 1.47 bits per heavy atom. The third kappa shape index (κ3) is 5.35. The minimum absolute atomic E-state index is 0.140. The van der Waals surface area contributed by atoms with Crippen LogP contribution in [0.4, 0.5) is 10.5 Å². The molecule has 4 amide bonds. The molecule has 4 rings (SSSR count). The van der Waals surface area contributed by atoms with E-state index in [0.29, 0.717) is 36.0 Å². The third-order valence-corrected chi connectivity index (χ3v) is 5.55. The van der Waals surface area contributed by atoms with E-state index in [2.05, 4.69) is 21.2 Å². The number of hydrogen-bond donors (Lipinski definition) is 1. The summed E-state index contributed by atoms with van der Waals surface area (Å²) in [5.74, 6) is -0.179. The van der Waals surface area contributed by atoms with E-state index in [1.807, 2.05) is 31.2 Å². The van der Waals surface area contributed by atoms with Crippen LogP contribution in [0.3, 0.4) is 0 Å². The van der Waals surface area contributed by atoms with Gasteiger partial charge in [0.1, 0.15) is 23.7 Å². The lowest BCUT2D eigenvalue weighted by Gasteiger charge is -2.26. The molecule has 1 heterocycles. The fraction of sp³-hybridized carbons (Fsp3) is 0.115. The molecular weight excluding hydrogens is 500 g/mol. The number of hydrogen-bond acceptors (Lipinski definition) is 5. The van der Waals surface area contributed by atoms with Crippen molar-refractivity contribution in [3.63, 3.8) is 0 Å². The Hall–Kier alpha value is -3.91. The molecule has 1 saturated heterocycles. The minimum atomic E-state index is -0.803. The van der Waals surface area contributed by atoms with E-state index < -0.39 is 17.8 Å². The van der Waals surface area contributed by atoms with E-state index >= 15 is 0 Å². The van der Waals surface area contributed by atoms with Gasteiger partial charge in [-0.1, -0.05) is 40.2 Å². The molecule has 8 heteroatoms. The highest BCUT2D eigenvalue weighted by Crippen LogP contribution is 2.25. The van der Waals surface area contributed by atoms with Gasteiger partial charge in [0.05, 0.1) is 12.3 Å². The van der Waals surface area contributed by atoms with Crippen molar-refractivity contribution in [3.05, 3.63) is 94.0 Å². The Morgan fingerprint density at radius 3 is 2.12 bits per heavy atom. The molecule has 1 N–H and O–H groups in total. The lowest BCUT2D eigenvalue weighted by Crippen LogP contribution is -2.54. The van der Waals surface area contributed by atoms with Gasteiger partial charge in [-0.05, 0) is 72.7 Å². The third-order valence-electron chi connectivity index (χ3n) is 5.02. The highest BCUT2D eigenvalue weighted by molar-refractivity contribution is 9.10. The summed E-state index contributed by atoms with van der Waals surface area (Å²) in [6.07, 6.45) is 1.45. The number of nitrogens with zero attached hydrogens (tertiary/aromatic N) is 1. The number of barbiturate groups is 1. The first kappa shape index (κ1) is 23.3. The van der Waals surface area contributed by atoms with Gasteiger partial charge < -0.3 is 9.47 Å². The van der Waals surface area contributed by atoms with E-state index in [1.54, 1.807) is 48.5 Å². The average molecular weight is 521 g/mol. The van der Waals surface area contributed by atoms with Gasteiger partial charge >= 0.3 is 6.03 Å². The number of carbonyl (C=O) groups is 3. The predicted molar refractivity (Wildman–Crippen MR) is 132 cm³/mol. The zero-order valence-electron chi connectivity index (χ0n) is 18.3. The minimum Gasteiger partial charge on any atom is -0.494 e. The van der Waals surface area contributed by atoms with Crippen molar-refractivity contribution in [2.24, 2.45) is 0 Å². The normalized spacial score (nSPS) is 14.8. The topological polar surface area (TPSA) is 84.9 Å². The molecule has 1 fully saturated rings. The van der Waals surface area contributed by atoms with Crippen molar-refractivity contribution in [1.29, 1.82) is 0 Å². The van der Waals surface area contributed by atoms with Crippen molar-refractivity contribution in [1.82, 2.24) is 5.32 Å². The van der Waals surface area contributed by atoms with Crippen LogP contribution in [-0.2, 0) is 16.2 Å². The number of imide groups is 2. The number of halogens is 1. The molecule has 3 aromatic rings. The van der Waals surface area contributed by atoms with Crippen LogP contribution in [0.5, 0.6) is 11.5 Å². The maximum Gasteiger partial charge on any atom is 0.335 e. The summed E-state index contributed by atoms with van der Waals surface area (Å²) in [6.45, 7) is 2.79. The number of nitrogens with one attached hydrogen (secondary N) is 1. The van der Waals surface area contributed by atoms with Crippen LogP contribution >= 0.6 is 15.9 Å². The highest BCUT2D eigenvalue weighted by Gasteiger charge is 2.36. The highest BCUT2D eigenvalue weighted by atomic mass is 79.9. The van der Waals surface area contributed by atoms with Crippen molar-refractivity contribution in [2.75, 3.05) is 11.5 Å². The Kier molecular flexibility index (Phi) is 7.08. The molecule has 172 valence electrons. The summed E-state index contributed by atoms with van der Waals surface area (Å²) in [4.78, 5) is 38.8. The van der Waals surface area contributed by atoms with Gasteiger partial charge in [0.2, 0.25) is 0 Å². The van der Waals surface area contributed by atoms with E-state index in [-0.39, 0.29) is 5.57 Å². The summed E-state index contributed by atoms with van der Waals surface area (Å²) < 4.78 is 12.2. The van der Waals surface area contributed by atoms with E-state index in [0.717, 1.165) is 14.9 Å². The monoisotopic (exact) mass is 520 g/mol. The van der Waals surface area contributed by atoms with Crippen LogP contribution in [0.2, 0.25) is 0 Å². The smallest absolute Gasteiger partial charge is 0.335 e. The molecule has 7 nitrogen and oxygen atoms in total. The van der Waals surface area contributed by atoms with Crippen molar-refractivity contribution < 1.29 is 23.9 Å². The quantitative estimate of drug-likeness (QED) is 0.346. The molecule has 0 aromatic heterocycles. The van der Waals surface area contributed by atoms with Gasteiger partial charge in [-0.25, -0.2) is 9.69 Å². The summed E-state index contributed by atoms with van der Waals surface area (Å²) >= 11 is 3.40. The summed E-state index contributed by atoms with van der Waals surface area (Å²) in [5, 5.41) is 2.23. The first-order valence-corrected chi connectivity index (χ1v) is 11.4. The maximum atomic E-state index is 13.1. The van der Waals surface area contributed by atoms with Crippen LogP contribution in [0.15, 0.2) is 82.8 Å². The molecule has 34 heavy (non-hydrogen) atoms. The van der Waals surface area contributed by atoms with Crippen LogP contribution in [0.1, 0.15) is 18.1 Å². The summed E-state index contributed by atoms with van der Waals surface area (Å²) in [5.41, 5.74) is 1.82. The van der Waals surface area contributed by atoms with Crippen LogP contribution in [0, 0.1) is 0 Å². The van der Waals surface area contributed by atoms with Crippen molar-refractivity contribution >= 4 is 45.5 Å². The van der Waals surface area contributed by atoms with Crippen molar-refractivity contribution in [2.45, 2.75) is 13.5 Å².